The first-order valence-electron chi connectivity index (χ1n) is 10.8. The van der Waals surface area contributed by atoms with E-state index in [0.29, 0.717) is 31.9 Å². The minimum absolute atomic E-state index is 0.0230. The number of hydrogen-bond donors (Lipinski definition) is 1. The van der Waals surface area contributed by atoms with Crippen molar-refractivity contribution in [2.75, 3.05) is 17.1 Å². The van der Waals surface area contributed by atoms with Crippen molar-refractivity contribution in [3.63, 3.8) is 0 Å². The second-order valence-corrected chi connectivity index (χ2v) is 12.6. The Morgan fingerprint density at radius 3 is 2.11 bits per heavy atom. The van der Waals surface area contributed by atoms with E-state index in [-0.39, 0.29) is 12.5 Å². The number of hydrogen-bond acceptors (Lipinski definition) is 4. The molecular formula is C24H30Cl3N3O4S. The van der Waals surface area contributed by atoms with Crippen LogP contribution < -0.4 is 9.62 Å². The molecule has 35 heavy (non-hydrogen) atoms. The van der Waals surface area contributed by atoms with Crippen molar-refractivity contribution in [2.45, 2.75) is 52.7 Å². The third-order valence-corrected chi connectivity index (χ3v) is 7.08. The van der Waals surface area contributed by atoms with Gasteiger partial charge in [0.05, 0.1) is 11.9 Å². The molecule has 0 radical (unpaired) electrons. The molecule has 0 bridgehead atoms. The molecule has 2 aromatic rings. The zero-order valence-corrected chi connectivity index (χ0v) is 23.6. The largest absolute Gasteiger partial charge is 0.350 e. The van der Waals surface area contributed by atoms with Gasteiger partial charge in [0.2, 0.25) is 21.8 Å². The number of anilines is 1. The molecule has 11 heteroatoms. The molecule has 0 aliphatic rings. The summed E-state index contributed by atoms with van der Waals surface area (Å²) < 4.78 is 26.4. The first kappa shape index (κ1) is 29.2. The van der Waals surface area contributed by atoms with Crippen molar-refractivity contribution in [1.82, 2.24) is 10.2 Å². The summed E-state index contributed by atoms with van der Waals surface area (Å²) in [6.45, 7) is 8.23. The molecule has 0 heterocycles. The molecule has 2 rings (SSSR count). The van der Waals surface area contributed by atoms with Gasteiger partial charge in [0.25, 0.3) is 0 Å². The highest BCUT2D eigenvalue weighted by molar-refractivity contribution is 7.92. The van der Waals surface area contributed by atoms with Crippen molar-refractivity contribution in [1.29, 1.82) is 0 Å². The number of carbonyl (C=O) groups excluding carboxylic acids is 2. The lowest BCUT2D eigenvalue weighted by molar-refractivity contribution is -0.140. The summed E-state index contributed by atoms with van der Waals surface area (Å²) in [6.07, 6.45) is 1.02. The van der Waals surface area contributed by atoms with E-state index in [1.807, 2.05) is 20.8 Å². The molecule has 0 aliphatic heterocycles. The van der Waals surface area contributed by atoms with Crippen LogP contribution in [0, 0.1) is 6.92 Å². The molecule has 192 valence electrons. The van der Waals surface area contributed by atoms with E-state index >= 15 is 0 Å². The van der Waals surface area contributed by atoms with Gasteiger partial charge in [-0.1, -0.05) is 40.9 Å². The lowest BCUT2D eigenvalue weighted by Crippen LogP contribution is -2.54. The summed E-state index contributed by atoms with van der Waals surface area (Å²) in [4.78, 5) is 27.9. The number of halogens is 3. The highest BCUT2D eigenvalue weighted by Gasteiger charge is 2.32. The zero-order chi connectivity index (χ0) is 26.7. The summed E-state index contributed by atoms with van der Waals surface area (Å²) in [5.74, 6) is -0.961. The average molecular weight is 563 g/mol. The normalized spacial score (nSPS) is 12.7. The molecule has 7 nitrogen and oxygen atoms in total. The van der Waals surface area contributed by atoms with Gasteiger partial charge < -0.3 is 10.2 Å². The van der Waals surface area contributed by atoms with Crippen molar-refractivity contribution in [2.24, 2.45) is 0 Å². The van der Waals surface area contributed by atoms with Crippen LogP contribution in [-0.4, -0.2) is 49.5 Å². The van der Waals surface area contributed by atoms with Gasteiger partial charge in [-0.05, 0) is 76.1 Å². The summed E-state index contributed by atoms with van der Waals surface area (Å²) in [7, 11) is -3.84. The van der Waals surface area contributed by atoms with Crippen LogP contribution in [0.5, 0.6) is 0 Å². The van der Waals surface area contributed by atoms with Gasteiger partial charge in [0.1, 0.15) is 12.6 Å². The van der Waals surface area contributed by atoms with Crippen LogP contribution in [0.25, 0.3) is 0 Å². The molecule has 1 N–H and O–H groups in total. The molecule has 1 atom stereocenters. The maximum Gasteiger partial charge on any atom is 0.244 e. The third-order valence-electron chi connectivity index (χ3n) is 5.13. The van der Waals surface area contributed by atoms with E-state index in [2.05, 4.69) is 5.32 Å². The van der Waals surface area contributed by atoms with Gasteiger partial charge in [-0.25, -0.2) is 8.42 Å². The Morgan fingerprint density at radius 1 is 1.03 bits per heavy atom. The number of benzene rings is 2. The average Bonchev–Trinajstić information content (AvgIpc) is 2.69. The topological polar surface area (TPSA) is 86.8 Å². The number of aryl methyl sites for hydroxylation is 1. The first-order valence-corrected chi connectivity index (χ1v) is 13.8. The second-order valence-electron chi connectivity index (χ2n) is 9.37. The molecule has 0 aromatic heterocycles. The van der Waals surface area contributed by atoms with Gasteiger partial charge in [-0.3, -0.25) is 13.9 Å². The van der Waals surface area contributed by atoms with Crippen LogP contribution in [-0.2, 0) is 26.2 Å². The van der Waals surface area contributed by atoms with Crippen LogP contribution in [0.15, 0.2) is 36.4 Å². The lowest BCUT2D eigenvalue weighted by Gasteiger charge is -2.33. The predicted octanol–water partition coefficient (Wildman–Crippen LogP) is 5.05. The number of carbonyl (C=O) groups is 2. The van der Waals surface area contributed by atoms with Crippen molar-refractivity contribution >= 4 is 62.3 Å². The minimum atomic E-state index is -3.84. The standard InChI is InChI=1S/C24H30Cl3N3O4S/c1-15-11-18(25)9-10-21(15)30(35(6,33)34)14-22(31)29(16(2)23(32)28-24(3,4)5)13-17-7-8-19(26)12-20(17)27/h7-12,16H,13-14H2,1-6H3,(H,28,32)/t16-/m1/s1. The summed E-state index contributed by atoms with van der Waals surface area (Å²) in [6, 6.07) is 8.63. The van der Waals surface area contributed by atoms with Crippen molar-refractivity contribution in [3.8, 4) is 0 Å². The van der Waals surface area contributed by atoms with Gasteiger partial charge >= 0.3 is 0 Å². The van der Waals surface area contributed by atoms with Crippen molar-refractivity contribution < 1.29 is 18.0 Å². The van der Waals surface area contributed by atoms with Gasteiger partial charge in [-0.15, -0.1) is 0 Å². The molecule has 0 saturated carbocycles. The van der Waals surface area contributed by atoms with Crippen LogP contribution in [0.2, 0.25) is 15.1 Å². The Morgan fingerprint density at radius 2 is 1.60 bits per heavy atom. The van der Waals surface area contributed by atoms with Crippen LogP contribution in [0.4, 0.5) is 5.69 Å². The Kier molecular flexibility index (Phi) is 9.50. The molecule has 0 spiro atoms. The number of rotatable bonds is 8. The third kappa shape index (κ3) is 8.27. The van der Waals surface area contributed by atoms with Crippen LogP contribution in [0.1, 0.15) is 38.8 Å². The Hall–Kier alpha value is -2.00. The Bertz CT molecular complexity index is 1210. The van der Waals surface area contributed by atoms with Crippen LogP contribution >= 0.6 is 34.8 Å². The molecule has 0 fully saturated rings. The molecule has 0 aliphatic carbocycles. The number of amides is 2. The predicted molar refractivity (Wildman–Crippen MR) is 143 cm³/mol. The van der Waals surface area contributed by atoms with Crippen LogP contribution in [0.3, 0.4) is 0 Å². The molecular weight excluding hydrogens is 533 g/mol. The number of sulfonamides is 1. The van der Waals surface area contributed by atoms with E-state index < -0.39 is 34.1 Å². The van der Waals surface area contributed by atoms with Gasteiger partial charge in [0.15, 0.2) is 0 Å². The molecule has 0 unspecified atom stereocenters. The maximum absolute atomic E-state index is 13.6. The lowest BCUT2D eigenvalue weighted by atomic mass is 10.1. The quantitative estimate of drug-likeness (QED) is 0.488. The maximum atomic E-state index is 13.6. The molecule has 2 aromatic carbocycles. The minimum Gasteiger partial charge on any atom is -0.350 e. The molecule has 2 amide bonds. The van der Waals surface area contributed by atoms with E-state index in [4.69, 9.17) is 34.8 Å². The smallest absolute Gasteiger partial charge is 0.244 e. The fourth-order valence-electron chi connectivity index (χ4n) is 3.38. The summed E-state index contributed by atoms with van der Waals surface area (Å²) >= 11 is 18.4. The Balaban J connectivity index is 2.47. The fourth-order valence-corrected chi connectivity index (χ4v) is 4.99. The summed E-state index contributed by atoms with van der Waals surface area (Å²) in [5.41, 5.74) is 0.938. The Labute approximate surface area is 222 Å². The monoisotopic (exact) mass is 561 g/mol. The van der Waals surface area contributed by atoms with Gasteiger partial charge in [0, 0.05) is 27.2 Å². The van der Waals surface area contributed by atoms with E-state index in [9.17, 15) is 18.0 Å². The number of nitrogens with one attached hydrogen (secondary N) is 1. The van der Waals surface area contributed by atoms with E-state index in [1.165, 1.54) is 4.90 Å². The molecule has 0 saturated heterocycles. The first-order chi connectivity index (χ1) is 16.0. The van der Waals surface area contributed by atoms with Crippen molar-refractivity contribution in [3.05, 3.63) is 62.6 Å². The number of nitrogens with zero attached hydrogens (tertiary/aromatic N) is 2. The SMILES string of the molecule is Cc1cc(Cl)ccc1N(CC(=O)N(Cc1ccc(Cl)cc1Cl)[C@H](C)C(=O)NC(C)(C)C)S(C)(=O)=O. The highest BCUT2D eigenvalue weighted by atomic mass is 35.5. The summed E-state index contributed by atoms with van der Waals surface area (Å²) in [5, 5.41) is 4.06. The zero-order valence-electron chi connectivity index (χ0n) is 20.5. The van der Waals surface area contributed by atoms with E-state index in [0.717, 1.165) is 10.6 Å². The fraction of sp³-hybridized carbons (Fsp3) is 0.417. The van der Waals surface area contributed by atoms with Gasteiger partial charge in [-0.2, -0.15) is 0 Å². The highest BCUT2D eigenvalue weighted by Crippen LogP contribution is 2.27. The second kappa shape index (κ2) is 11.4. The van der Waals surface area contributed by atoms with E-state index in [1.54, 1.807) is 50.2 Å².